The quantitative estimate of drug-likeness (QED) is 0.795. The van der Waals surface area contributed by atoms with E-state index in [-0.39, 0.29) is 11.7 Å². The second kappa shape index (κ2) is 4.58. The summed E-state index contributed by atoms with van der Waals surface area (Å²) in [5, 5.41) is 9.01. The summed E-state index contributed by atoms with van der Waals surface area (Å²) >= 11 is 3.40. The van der Waals surface area contributed by atoms with Crippen LogP contribution in [0.5, 0.6) is 0 Å². The van der Waals surface area contributed by atoms with E-state index in [1.54, 1.807) is 0 Å². The molecule has 17 heavy (non-hydrogen) atoms. The molecule has 0 saturated heterocycles. The van der Waals surface area contributed by atoms with Gasteiger partial charge in [0.05, 0.1) is 6.20 Å². The SMILES string of the molecule is Cc1c(Br)cccc1NC(=O)c1cn[nH]c1N. The third kappa shape index (κ3) is 2.31. The molecule has 1 aromatic heterocycles. The number of H-pyrrole nitrogens is 1. The van der Waals surface area contributed by atoms with Crippen LogP contribution < -0.4 is 11.1 Å². The van der Waals surface area contributed by atoms with E-state index in [4.69, 9.17) is 5.73 Å². The van der Waals surface area contributed by atoms with Crippen LogP contribution in [0.25, 0.3) is 0 Å². The number of rotatable bonds is 2. The largest absolute Gasteiger partial charge is 0.383 e. The number of aromatic amines is 1. The van der Waals surface area contributed by atoms with Gasteiger partial charge in [0.25, 0.3) is 5.91 Å². The van der Waals surface area contributed by atoms with Crippen molar-refractivity contribution in [1.29, 1.82) is 0 Å². The van der Waals surface area contributed by atoms with Crippen LogP contribution in [-0.4, -0.2) is 16.1 Å². The minimum Gasteiger partial charge on any atom is -0.383 e. The first-order valence-electron chi connectivity index (χ1n) is 4.95. The van der Waals surface area contributed by atoms with E-state index in [0.717, 1.165) is 15.7 Å². The Balaban J connectivity index is 2.25. The number of nitrogens with zero attached hydrogens (tertiary/aromatic N) is 1. The van der Waals surface area contributed by atoms with E-state index < -0.39 is 0 Å². The summed E-state index contributed by atoms with van der Waals surface area (Å²) in [5.41, 5.74) is 7.61. The fourth-order valence-corrected chi connectivity index (χ4v) is 1.78. The Kier molecular flexibility index (Phi) is 3.14. The summed E-state index contributed by atoms with van der Waals surface area (Å²) in [6.45, 7) is 1.92. The number of nitrogens with one attached hydrogen (secondary N) is 2. The molecule has 2 aromatic rings. The monoisotopic (exact) mass is 294 g/mol. The Labute approximate surface area is 107 Å². The molecule has 2 rings (SSSR count). The van der Waals surface area contributed by atoms with E-state index in [0.29, 0.717) is 5.56 Å². The van der Waals surface area contributed by atoms with Crippen molar-refractivity contribution >= 4 is 33.3 Å². The third-order valence-electron chi connectivity index (χ3n) is 2.43. The van der Waals surface area contributed by atoms with Crippen LogP contribution in [-0.2, 0) is 0 Å². The zero-order valence-corrected chi connectivity index (χ0v) is 10.7. The lowest BCUT2D eigenvalue weighted by atomic mass is 10.2. The van der Waals surface area contributed by atoms with Gasteiger partial charge in [0.15, 0.2) is 0 Å². The molecule has 0 aliphatic rings. The van der Waals surface area contributed by atoms with Crippen LogP contribution >= 0.6 is 15.9 Å². The Morgan fingerprint density at radius 3 is 2.94 bits per heavy atom. The van der Waals surface area contributed by atoms with Crippen LogP contribution in [0.4, 0.5) is 11.5 Å². The fourth-order valence-electron chi connectivity index (χ4n) is 1.41. The second-order valence-corrected chi connectivity index (χ2v) is 4.42. The molecule has 4 N–H and O–H groups in total. The van der Waals surface area contributed by atoms with Crippen molar-refractivity contribution in [2.24, 2.45) is 0 Å². The lowest BCUT2D eigenvalue weighted by Crippen LogP contribution is -2.13. The third-order valence-corrected chi connectivity index (χ3v) is 3.29. The van der Waals surface area contributed by atoms with Gasteiger partial charge < -0.3 is 11.1 Å². The number of carbonyl (C=O) groups excluding carboxylic acids is 1. The minimum absolute atomic E-state index is 0.259. The number of amides is 1. The summed E-state index contributed by atoms with van der Waals surface area (Å²) in [6.07, 6.45) is 1.40. The van der Waals surface area contributed by atoms with Gasteiger partial charge in [0.2, 0.25) is 0 Å². The Bertz CT molecular complexity index is 564. The van der Waals surface area contributed by atoms with Crippen LogP contribution in [0.3, 0.4) is 0 Å². The van der Waals surface area contributed by atoms with Crippen molar-refractivity contribution in [3.63, 3.8) is 0 Å². The van der Waals surface area contributed by atoms with Crippen molar-refractivity contribution in [2.75, 3.05) is 11.1 Å². The summed E-state index contributed by atoms with van der Waals surface area (Å²) in [4.78, 5) is 11.9. The van der Waals surface area contributed by atoms with Crippen molar-refractivity contribution in [3.05, 3.63) is 40.0 Å². The molecule has 0 aliphatic heterocycles. The van der Waals surface area contributed by atoms with Gasteiger partial charge in [0, 0.05) is 10.2 Å². The van der Waals surface area contributed by atoms with Crippen LogP contribution in [0, 0.1) is 6.92 Å². The van der Waals surface area contributed by atoms with Gasteiger partial charge in [-0.1, -0.05) is 22.0 Å². The Morgan fingerprint density at radius 1 is 1.53 bits per heavy atom. The number of aromatic nitrogens is 2. The predicted molar refractivity (Wildman–Crippen MR) is 69.8 cm³/mol. The zero-order chi connectivity index (χ0) is 12.4. The van der Waals surface area contributed by atoms with Gasteiger partial charge in [-0.05, 0) is 24.6 Å². The van der Waals surface area contributed by atoms with Gasteiger partial charge in [-0.25, -0.2) is 0 Å². The maximum Gasteiger partial charge on any atom is 0.261 e. The van der Waals surface area contributed by atoms with Gasteiger partial charge >= 0.3 is 0 Å². The first-order chi connectivity index (χ1) is 8.09. The molecule has 0 radical (unpaired) electrons. The van der Waals surface area contributed by atoms with E-state index in [2.05, 4.69) is 31.4 Å². The average molecular weight is 295 g/mol. The summed E-state index contributed by atoms with van der Waals surface area (Å²) in [7, 11) is 0. The van der Waals surface area contributed by atoms with Gasteiger partial charge in [-0.15, -0.1) is 0 Å². The molecule has 6 heteroatoms. The Hall–Kier alpha value is -1.82. The molecule has 88 valence electrons. The molecule has 0 saturated carbocycles. The van der Waals surface area contributed by atoms with Crippen molar-refractivity contribution in [3.8, 4) is 0 Å². The first-order valence-corrected chi connectivity index (χ1v) is 5.74. The maximum absolute atomic E-state index is 11.9. The van der Waals surface area contributed by atoms with Crippen molar-refractivity contribution in [1.82, 2.24) is 10.2 Å². The Morgan fingerprint density at radius 2 is 2.29 bits per heavy atom. The summed E-state index contributed by atoms with van der Waals surface area (Å²) in [6, 6.07) is 5.59. The van der Waals surface area contributed by atoms with Gasteiger partial charge in [-0.3, -0.25) is 9.89 Å². The van der Waals surface area contributed by atoms with Crippen LogP contribution in [0.2, 0.25) is 0 Å². The molecule has 0 atom stereocenters. The summed E-state index contributed by atoms with van der Waals surface area (Å²) < 4.78 is 0.940. The highest BCUT2D eigenvalue weighted by atomic mass is 79.9. The lowest BCUT2D eigenvalue weighted by Gasteiger charge is -2.08. The van der Waals surface area contributed by atoms with Crippen LogP contribution in [0.15, 0.2) is 28.9 Å². The normalized spacial score (nSPS) is 10.2. The molecule has 0 spiro atoms. The molecule has 1 amide bonds. The van der Waals surface area contributed by atoms with E-state index >= 15 is 0 Å². The number of hydrogen-bond donors (Lipinski definition) is 3. The molecule has 0 aliphatic carbocycles. The number of hydrogen-bond acceptors (Lipinski definition) is 3. The topological polar surface area (TPSA) is 83.8 Å². The number of nitrogen functional groups attached to an aromatic ring is 1. The molecule has 0 bridgehead atoms. The highest BCUT2D eigenvalue weighted by molar-refractivity contribution is 9.10. The summed E-state index contributed by atoms with van der Waals surface area (Å²) in [5.74, 6) is -0.0207. The van der Waals surface area contributed by atoms with E-state index in [1.807, 2.05) is 25.1 Å². The highest BCUT2D eigenvalue weighted by Crippen LogP contribution is 2.24. The average Bonchev–Trinajstić information content (AvgIpc) is 2.71. The van der Waals surface area contributed by atoms with E-state index in [1.165, 1.54) is 6.20 Å². The maximum atomic E-state index is 11.9. The van der Waals surface area contributed by atoms with Gasteiger partial charge in [0.1, 0.15) is 11.4 Å². The molecule has 1 heterocycles. The standard InChI is InChI=1S/C11H11BrN4O/c1-6-8(12)3-2-4-9(6)15-11(17)7-5-14-16-10(7)13/h2-5H,1H3,(H,15,17)(H3,13,14,16). The zero-order valence-electron chi connectivity index (χ0n) is 9.12. The minimum atomic E-state index is -0.280. The number of carbonyl (C=O) groups is 1. The molecular formula is C11H11BrN4O. The predicted octanol–water partition coefficient (Wildman–Crippen LogP) is 2.32. The van der Waals surface area contributed by atoms with Crippen LogP contribution in [0.1, 0.15) is 15.9 Å². The smallest absolute Gasteiger partial charge is 0.261 e. The first kappa shape index (κ1) is 11.7. The number of anilines is 2. The fraction of sp³-hybridized carbons (Fsp3) is 0.0909. The van der Waals surface area contributed by atoms with E-state index in [9.17, 15) is 4.79 Å². The molecule has 0 unspecified atom stereocenters. The second-order valence-electron chi connectivity index (χ2n) is 3.56. The van der Waals surface area contributed by atoms with Crippen molar-refractivity contribution < 1.29 is 4.79 Å². The lowest BCUT2D eigenvalue weighted by molar-refractivity contribution is 0.102. The van der Waals surface area contributed by atoms with Gasteiger partial charge in [-0.2, -0.15) is 5.10 Å². The molecule has 0 fully saturated rings. The number of nitrogens with two attached hydrogens (primary N) is 1. The number of benzene rings is 1. The molecule has 5 nitrogen and oxygen atoms in total. The van der Waals surface area contributed by atoms with Crippen molar-refractivity contribution in [2.45, 2.75) is 6.92 Å². The number of halogens is 1. The molecular weight excluding hydrogens is 284 g/mol. The molecule has 1 aromatic carbocycles. The highest BCUT2D eigenvalue weighted by Gasteiger charge is 2.13.